The van der Waals surface area contributed by atoms with Crippen molar-refractivity contribution in [3.05, 3.63) is 41.5 Å². The van der Waals surface area contributed by atoms with E-state index in [0.29, 0.717) is 21.4 Å². The number of nitrogens with one attached hydrogen (secondary N) is 1. The van der Waals surface area contributed by atoms with Gasteiger partial charge in [-0.1, -0.05) is 11.8 Å². The first-order chi connectivity index (χ1) is 12.1. The van der Waals surface area contributed by atoms with Crippen LogP contribution < -0.4 is 5.32 Å². The van der Waals surface area contributed by atoms with Crippen molar-refractivity contribution in [1.82, 2.24) is 20.3 Å². The van der Waals surface area contributed by atoms with Crippen molar-refractivity contribution in [2.24, 2.45) is 0 Å². The number of aromatic nitrogens is 3. The SMILES string of the molecule is CSc1ncc(-c2cncc3cc(/C=C4\SC(=O)NC4=O)oc23)cn1. The molecule has 0 radical (unpaired) electrons. The third-order valence-corrected chi connectivity index (χ3v) is 4.87. The van der Waals surface area contributed by atoms with E-state index in [1.165, 1.54) is 11.8 Å². The minimum atomic E-state index is -0.421. The molecule has 3 aromatic heterocycles. The average Bonchev–Trinajstić information content (AvgIpc) is 3.17. The van der Waals surface area contributed by atoms with Gasteiger partial charge < -0.3 is 4.42 Å². The van der Waals surface area contributed by atoms with Crippen molar-refractivity contribution in [3.63, 3.8) is 0 Å². The number of amides is 2. The third-order valence-electron chi connectivity index (χ3n) is 3.48. The number of carbonyl (C=O) groups is 2. The highest BCUT2D eigenvalue weighted by atomic mass is 32.2. The molecule has 9 heteroatoms. The molecule has 1 saturated heterocycles. The lowest BCUT2D eigenvalue weighted by Gasteiger charge is -2.01. The minimum Gasteiger partial charge on any atom is -0.456 e. The van der Waals surface area contributed by atoms with E-state index in [1.807, 2.05) is 6.26 Å². The lowest BCUT2D eigenvalue weighted by molar-refractivity contribution is -0.115. The predicted octanol–water partition coefficient (Wildman–Crippen LogP) is 3.33. The fourth-order valence-corrected chi connectivity index (χ4v) is 3.35. The van der Waals surface area contributed by atoms with Crippen LogP contribution in [0.1, 0.15) is 5.76 Å². The van der Waals surface area contributed by atoms with Crippen LogP contribution in [0.25, 0.3) is 28.2 Å². The number of rotatable bonds is 3. The first kappa shape index (κ1) is 15.9. The van der Waals surface area contributed by atoms with Gasteiger partial charge in [-0.3, -0.25) is 19.9 Å². The molecule has 0 aliphatic carbocycles. The molecule has 1 fully saturated rings. The zero-order chi connectivity index (χ0) is 17.4. The maximum atomic E-state index is 11.7. The second-order valence-corrected chi connectivity index (χ2v) is 6.85. The van der Waals surface area contributed by atoms with Crippen molar-refractivity contribution in [1.29, 1.82) is 0 Å². The fourth-order valence-electron chi connectivity index (χ4n) is 2.37. The number of furan rings is 1. The van der Waals surface area contributed by atoms with E-state index in [2.05, 4.69) is 20.3 Å². The molecule has 3 aromatic rings. The number of hydrogen-bond donors (Lipinski definition) is 1. The molecule has 2 amide bonds. The van der Waals surface area contributed by atoms with Gasteiger partial charge in [0.25, 0.3) is 11.1 Å². The molecule has 0 atom stereocenters. The van der Waals surface area contributed by atoms with Crippen LogP contribution in [0.15, 0.2) is 45.3 Å². The number of carbonyl (C=O) groups excluding carboxylic acids is 2. The van der Waals surface area contributed by atoms with Gasteiger partial charge in [-0.15, -0.1) is 0 Å². The highest BCUT2D eigenvalue weighted by Crippen LogP contribution is 2.32. The van der Waals surface area contributed by atoms with E-state index in [0.717, 1.165) is 28.3 Å². The van der Waals surface area contributed by atoms with E-state index < -0.39 is 5.91 Å². The van der Waals surface area contributed by atoms with E-state index in [1.54, 1.807) is 36.9 Å². The van der Waals surface area contributed by atoms with Gasteiger partial charge in [-0.25, -0.2) is 9.97 Å². The molecule has 25 heavy (non-hydrogen) atoms. The van der Waals surface area contributed by atoms with E-state index >= 15 is 0 Å². The predicted molar refractivity (Wildman–Crippen MR) is 95.9 cm³/mol. The van der Waals surface area contributed by atoms with E-state index in [-0.39, 0.29) is 5.24 Å². The highest BCUT2D eigenvalue weighted by Gasteiger charge is 2.25. The molecule has 4 rings (SSSR count). The van der Waals surface area contributed by atoms with Gasteiger partial charge in [0, 0.05) is 47.4 Å². The topological polar surface area (TPSA) is 98.0 Å². The molecule has 0 unspecified atom stereocenters. The van der Waals surface area contributed by atoms with Crippen LogP contribution in [0, 0.1) is 0 Å². The first-order valence-electron chi connectivity index (χ1n) is 7.13. The maximum absolute atomic E-state index is 11.7. The summed E-state index contributed by atoms with van der Waals surface area (Å²) < 4.78 is 5.87. The third kappa shape index (κ3) is 3.03. The molecular weight excluding hydrogens is 360 g/mol. The van der Waals surface area contributed by atoms with Crippen LogP contribution in [0.2, 0.25) is 0 Å². The molecule has 0 spiro atoms. The molecular formula is C16H10N4O3S2. The molecule has 0 bridgehead atoms. The van der Waals surface area contributed by atoms with Crippen LogP contribution in [-0.2, 0) is 4.79 Å². The Morgan fingerprint density at radius 3 is 2.68 bits per heavy atom. The van der Waals surface area contributed by atoms with Crippen LogP contribution in [-0.4, -0.2) is 32.4 Å². The second-order valence-electron chi connectivity index (χ2n) is 5.06. The summed E-state index contributed by atoms with van der Waals surface area (Å²) >= 11 is 2.31. The van der Waals surface area contributed by atoms with Gasteiger partial charge in [0.05, 0.1) is 4.91 Å². The van der Waals surface area contributed by atoms with Crippen LogP contribution >= 0.6 is 23.5 Å². The minimum absolute atomic E-state index is 0.297. The van der Waals surface area contributed by atoms with Crippen LogP contribution in [0.5, 0.6) is 0 Å². The average molecular weight is 370 g/mol. The number of hydrogen-bond acceptors (Lipinski definition) is 8. The Labute approximate surface area is 150 Å². The summed E-state index contributed by atoms with van der Waals surface area (Å²) in [6.07, 6.45) is 10.2. The Hall–Kier alpha value is -2.65. The quantitative estimate of drug-likeness (QED) is 0.426. The Balaban J connectivity index is 1.77. The number of pyridine rings is 1. The number of thioether (sulfide) groups is 2. The summed E-state index contributed by atoms with van der Waals surface area (Å²) in [5, 5.41) is 3.29. The van der Waals surface area contributed by atoms with E-state index in [4.69, 9.17) is 4.42 Å². The highest BCUT2D eigenvalue weighted by molar-refractivity contribution is 8.18. The maximum Gasteiger partial charge on any atom is 0.290 e. The monoisotopic (exact) mass is 370 g/mol. The fraction of sp³-hybridized carbons (Fsp3) is 0.0625. The molecule has 124 valence electrons. The van der Waals surface area contributed by atoms with Gasteiger partial charge >= 0.3 is 0 Å². The number of fused-ring (bicyclic) bond motifs is 1. The molecule has 1 aliphatic rings. The zero-order valence-electron chi connectivity index (χ0n) is 12.8. The second kappa shape index (κ2) is 6.34. The summed E-state index contributed by atoms with van der Waals surface area (Å²) in [5.41, 5.74) is 2.17. The van der Waals surface area contributed by atoms with Crippen LogP contribution in [0.3, 0.4) is 0 Å². The smallest absolute Gasteiger partial charge is 0.290 e. The molecule has 4 heterocycles. The molecule has 1 aliphatic heterocycles. The summed E-state index contributed by atoms with van der Waals surface area (Å²) in [6, 6.07) is 1.77. The molecule has 0 saturated carbocycles. The van der Waals surface area contributed by atoms with Crippen molar-refractivity contribution >= 4 is 51.7 Å². The van der Waals surface area contributed by atoms with E-state index in [9.17, 15) is 9.59 Å². The van der Waals surface area contributed by atoms with Gasteiger partial charge in [-0.2, -0.15) is 0 Å². The lowest BCUT2D eigenvalue weighted by atomic mass is 10.1. The van der Waals surface area contributed by atoms with Gasteiger partial charge in [0.15, 0.2) is 5.16 Å². The molecule has 7 nitrogen and oxygen atoms in total. The Bertz CT molecular complexity index is 1030. The summed E-state index contributed by atoms with van der Waals surface area (Å²) in [6.45, 7) is 0. The molecule has 0 aromatic carbocycles. The van der Waals surface area contributed by atoms with Crippen molar-refractivity contribution in [3.8, 4) is 11.1 Å². The molecule has 1 N–H and O–H groups in total. The van der Waals surface area contributed by atoms with Gasteiger partial charge in [0.2, 0.25) is 0 Å². The lowest BCUT2D eigenvalue weighted by Crippen LogP contribution is -2.17. The Morgan fingerprint density at radius 1 is 1.20 bits per heavy atom. The first-order valence-corrected chi connectivity index (χ1v) is 9.17. The van der Waals surface area contributed by atoms with Crippen molar-refractivity contribution in [2.75, 3.05) is 6.26 Å². The standard InChI is InChI=1S/C16H10N4O3S2/c1-24-15-18-5-9(6-19-15)11-7-17-4-8-2-10(23-13(8)11)3-12-14(21)20-16(22)25-12/h2-7H,1H3,(H,20,21,22)/b12-3-. The zero-order valence-corrected chi connectivity index (χ0v) is 14.5. The largest absolute Gasteiger partial charge is 0.456 e. The Morgan fingerprint density at radius 2 is 2.00 bits per heavy atom. The van der Waals surface area contributed by atoms with Crippen LogP contribution in [0.4, 0.5) is 4.79 Å². The van der Waals surface area contributed by atoms with Crippen molar-refractivity contribution < 1.29 is 14.0 Å². The van der Waals surface area contributed by atoms with Crippen molar-refractivity contribution in [2.45, 2.75) is 5.16 Å². The summed E-state index contributed by atoms with van der Waals surface area (Å²) in [5.74, 6) is 0.0492. The summed E-state index contributed by atoms with van der Waals surface area (Å²) in [4.78, 5) is 36.0. The Kier molecular flexibility index (Phi) is 4.02. The van der Waals surface area contributed by atoms with Gasteiger partial charge in [0.1, 0.15) is 11.3 Å². The number of imide groups is 1. The summed E-state index contributed by atoms with van der Waals surface area (Å²) in [7, 11) is 0. The normalized spacial score (nSPS) is 16.0. The van der Waals surface area contributed by atoms with Gasteiger partial charge in [-0.05, 0) is 24.1 Å². The number of nitrogens with zero attached hydrogens (tertiary/aromatic N) is 3.